The van der Waals surface area contributed by atoms with E-state index in [9.17, 15) is 14.4 Å². The maximum Gasteiger partial charge on any atom is 0.307 e. The predicted molar refractivity (Wildman–Crippen MR) is 72.2 cm³/mol. The highest BCUT2D eigenvalue weighted by atomic mass is 32.1. The van der Waals surface area contributed by atoms with E-state index in [1.807, 2.05) is 6.92 Å². The molecular formula is C12H18N2O4S. The molecule has 0 atom stereocenters. The van der Waals surface area contributed by atoms with E-state index in [0.717, 1.165) is 17.0 Å². The molecule has 0 saturated heterocycles. The largest absolute Gasteiger partial charge is 0.469 e. The van der Waals surface area contributed by atoms with Crippen molar-refractivity contribution in [2.75, 3.05) is 13.7 Å². The van der Waals surface area contributed by atoms with Gasteiger partial charge in [-0.3, -0.25) is 14.4 Å². The minimum absolute atomic E-state index is 0.00333. The molecule has 0 aliphatic carbocycles. The summed E-state index contributed by atoms with van der Waals surface area (Å²) in [6.45, 7) is 2.69. The number of carbonyl (C=O) groups excluding carboxylic acids is 2. The topological polar surface area (TPSA) is 77.4 Å². The molecule has 1 amide bonds. The maximum atomic E-state index is 11.5. The first kappa shape index (κ1) is 15.4. The highest BCUT2D eigenvalue weighted by Gasteiger charge is 2.06. The lowest BCUT2D eigenvalue weighted by molar-refractivity contribution is -0.140. The number of thiazole rings is 1. The lowest BCUT2D eigenvalue weighted by Gasteiger charge is -2.05. The van der Waals surface area contributed by atoms with Crippen molar-refractivity contribution in [3.63, 3.8) is 0 Å². The van der Waals surface area contributed by atoms with Crippen LogP contribution >= 0.6 is 11.3 Å². The van der Waals surface area contributed by atoms with Gasteiger partial charge in [0.15, 0.2) is 0 Å². The van der Waals surface area contributed by atoms with Gasteiger partial charge in [0, 0.05) is 30.6 Å². The quantitative estimate of drug-likeness (QED) is 0.748. The molecule has 0 saturated carbocycles. The Hall–Kier alpha value is -1.63. The van der Waals surface area contributed by atoms with Gasteiger partial charge in [-0.1, -0.05) is 11.3 Å². The zero-order valence-corrected chi connectivity index (χ0v) is 11.9. The molecule has 1 rings (SSSR count). The summed E-state index contributed by atoms with van der Waals surface area (Å²) in [5.41, 5.74) is 0.918. The van der Waals surface area contributed by atoms with Crippen LogP contribution in [0.1, 0.15) is 25.0 Å². The summed E-state index contributed by atoms with van der Waals surface area (Å²) in [5.74, 6) is -0.467. The average molecular weight is 286 g/mol. The van der Waals surface area contributed by atoms with Crippen molar-refractivity contribution in [1.29, 1.82) is 0 Å². The molecule has 0 aliphatic rings. The van der Waals surface area contributed by atoms with E-state index in [1.165, 1.54) is 7.11 Å². The van der Waals surface area contributed by atoms with Crippen LogP contribution in [0.3, 0.4) is 0 Å². The molecule has 0 fully saturated rings. The molecule has 19 heavy (non-hydrogen) atoms. The first-order valence-electron chi connectivity index (χ1n) is 6.03. The molecule has 0 aliphatic heterocycles. The highest BCUT2D eigenvalue weighted by Crippen LogP contribution is 2.02. The van der Waals surface area contributed by atoms with Gasteiger partial charge >= 0.3 is 10.8 Å². The third-order valence-electron chi connectivity index (χ3n) is 2.64. The minimum Gasteiger partial charge on any atom is -0.469 e. The fourth-order valence-corrected chi connectivity index (χ4v) is 2.33. The van der Waals surface area contributed by atoms with Gasteiger partial charge in [-0.15, -0.1) is 0 Å². The first-order chi connectivity index (χ1) is 9.04. The van der Waals surface area contributed by atoms with Gasteiger partial charge in [-0.05, 0) is 13.3 Å². The first-order valence-corrected chi connectivity index (χ1v) is 6.91. The molecule has 7 heteroatoms. The number of nitrogens with one attached hydrogen (secondary N) is 1. The fraction of sp³-hybridized carbons (Fsp3) is 0.583. The van der Waals surface area contributed by atoms with Crippen molar-refractivity contribution >= 4 is 23.2 Å². The van der Waals surface area contributed by atoms with E-state index in [2.05, 4.69) is 10.1 Å². The smallest absolute Gasteiger partial charge is 0.307 e. The van der Waals surface area contributed by atoms with Crippen LogP contribution in [0.5, 0.6) is 0 Å². The molecule has 1 heterocycles. The second-order valence-electron chi connectivity index (χ2n) is 4.07. The van der Waals surface area contributed by atoms with Crippen LogP contribution in [0.2, 0.25) is 0 Å². The number of amides is 1. The SMILES string of the molecule is COC(=O)CCNC(=O)CCCn1c(C)csc1=O. The summed E-state index contributed by atoms with van der Waals surface area (Å²) in [7, 11) is 1.31. The van der Waals surface area contributed by atoms with Crippen molar-refractivity contribution in [2.45, 2.75) is 32.7 Å². The Labute approximate surface area is 115 Å². The predicted octanol–water partition coefficient (Wildman–Crippen LogP) is 0.678. The van der Waals surface area contributed by atoms with Crippen molar-refractivity contribution in [3.05, 3.63) is 20.7 Å². The normalized spacial score (nSPS) is 10.2. The van der Waals surface area contributed by atoms with Gasteiger partial charge in [0.25, 0.3) is 0 Å². The molecule has 1 N–H and O–H groups in total. The Morgan fingerprint density at radius 2 is 2.16 bits per heavy atom. The summed E-state index contributed by atoms with van der Waals surface area (Å²) in [4.78, 5) is 33.7. The molecule has 6 nitrogen and oxygen atoms in total. The molecule has 0 radical (unpaired) electrons. The Kier molecular flexibility index (Phi) is 6.27. The van der Waals surface area contributed by atoms with E-state index in [-0.39, 0.29) is 29.7 Å². The molecule has 106 valence electrons. The van der Waals surface area contributed by atoms with Crippen LogP contribution in [-0.4, -0.2) is 30.1 Å². The molecule has 0 aromatic carbocycles. The van der Waals surface area contributed by atoms with Crippen LogP contribution in [-0.2, 0) is 20.9 Å². The number of hydrogen-bond acceptors (Lipinski definition) is 5. The van der Waals surface area contributed by atoms with Crippen LogP contribution in [0, 0.1) is 6.92 Å². The molecule has 1 aromatic rings. The van der Waals surface area contributed by atoms with E-state index < -0.39 is 0 Å². The summed E-state index contributed by atoms with van der Waals surface area (Å²) in [6.07, 6.45) is 1.11. The van der Waals surface area contributed by atoms with Crippen molar-refractivity contribution in [2.24, 2.45) is 0 Å². The number of nitrogens with zero attached hydrogens (tertiary/aromatic N) is 1. The summed E-state index contributed by atoms with van der Waals surface area (Å²) in [6, 6.07) is 0. The lowest BCUT2D eigenvalue weighted by Crippen LogP contribution is -2.26. The van der Waals surface area contributed by atoms with Gasteiger partial charge in [-0.2, -0.15) is 0 Å². The van der Waals surface area contributed by atoms with Crippen molar-refractivity contribution in [3.8, 4) is 0 Å². The zero-order chi connectivity index (χ0) is 14.3. The van der Waals surface area contributed by atoms with Gasteiger partial charge in [0.2, 0.25) is 5.91 Å². The number of ether oxygens (including phenoxy) is 1. The van der Waals surface area contributed by atoms with Gasteiger partial charge < -0.3 is 14.6 Å². The van der Waals surface area contributed by atoms with Crippen LogP contribution in [0.4, 0.5) is 0 Å². The van der Waals surface area contributed by atoms with Gasteiger partial charge in [-0.25, -0.2) is 0 Å². The molecule has 0 spiro atoms. The summed E-state index contributed by atoms with van der Waals surface area (Å²) in [5, 5.41) is 4.44. The third kappa shape index (κ3) is 5.25. The third-order valence-corrected chi connectivity index (χ3v) is 3.52. The maximum absolute atomic E-state index is 11.5. The summed E-state index contributed by atoms with van der Waals surface area (Å²) < 4.78 is 6.12. The number of hydrogen-bond donors (Lipinski definition) is 1. The molecule has 0 unspecified atom stereocenters. The van der Waals surface area contributed by atoms with Crippen LogP contribution in [0.25, 0.3) is 0 Å². The Bertz CT molecular complexity index is 492. The molecular weight excluding hydrogens is 268 g/mol. The zero-order valence-electron chi connectivity index (χ0n) is 11.1. The van der Waals surface area contributed by atoms with E-state index >= 15 is 0 Å². The number of esters is 1. The Morgan fingerprint density at radius 1 is 1.42 bits per heavy atom. The Balaban J connectivity index is 2.21. The minimum atomic E-state index is -0.347. The molecule has 0 bridgehead atoms. The van der Waals surface area contributed by atoms with Gasteiger partial charge in [0.1, 0.15) is 0 Å². The highest BCUT2D eigenvalue weighted by molar-refractivity contribution is 7.07. The number of aryl methyl sites for hydroxylation is 1. The van der Waals surface area contributed by atoms with Crippen molar-refractivity contribution < 1.29 is 14.3 Å². The summed E-state index contributed by atoms with van der Waals surface area (Å²) >= 11 is 1.16. The van der Waals surface area contributed by atoms with Crippen LogP contribution in [0.15, 0.2) is 10.2 Å². The van der Waals surface area contributed by atoms with E-state index in [0.29, 0.717) is 19.4 Å². The average Bonchev–Trinajstić information content (AvgIpc) is 2.70. The number of aromatic nitrogens is 1. The van der Waals surface area contributed by atoms with E-state index in [1.54, 1.807) is 9.95 Å². The van der Waals surface area contributed by atoms with Gasteiger partial charge in [0.05, 0.1) is 13.5 Å². The standard InChI is InChI=1S/C12H18N2O4S/c1-9-8-19-12(17)14(9)7-3-4-10(15)13-6-5-11(16)18-2/h8H,3-7H2,1-2H3,(H,13,15). The number of methoxy groups -OCH3 is 1. The second kappa shape index (κ2) is 7.73. The lowest BCUT2D eigenvalue weighted by atomic mass is 10.3. The number of rotatable bonds is 7. The Morgan fingerprint density at radius 3 is 2.74 bits per heavy atom. The second-order valence-corrected chi connectivity index (χ2v) is 4.89. The monoisotopic (exact) mass is 286 g/mol. The van der Waals surface area contributed by atoms with Crippen molar-refractivity contribution in [1.82, 2.24) is 9.88 Å². The molecule has 1 aromatic heterocycles. The fourth-order valence-electron chi connectivity index (χ4n) is 1.57. The van der Waals surface area contributed by atoms with Crippen LogP contribution < -0.4 is 10.2 Å². The number of carbonyl (C=O) groups is 2. The van der Waals surface area contributed by atoms with E-state index in [4.69, 9.17) is 0 Å².